The van der Waals surface area contributed by atoms with E-state index < -0.39 is 0 Å². The summed E-state index contributed by atoms with van der Waals surface area (Å²) in [6.45, 7) is 11.1. The molecule has 0 saturated carbocycles. The Bertz CT molecular complexity index is 586. The first-order valence-corrected chi connectivity index (χ1v) is 7.13. The molecule has 1 atom stereocenters. The van der Waals surface area contributed by atoms with E-state index in [1.54, 1.807) is 0 Å². The molecule has 0 aliphatic rings. The van der Waals surface area contributed by atoms with Gasteiger partial charge in [-0.1, -0.05) is 0 Å². The third-order valence-electron chi connectivity index (χ3n) is 4.67. The van der Waals surface area contributed by atoms with Gasteiger partial charge < -0.3 is 5.32 Å². The van der Waals surface area contributed by atoms with Gasteiger partial charge in [0, 0.05) is 12.4 Å². The average molecular weight is 268 g/mol. The predicted molar refractivity (Wildman–Crippen MR) is 85.3 cm³/mol. The summed E-state index contributed by atoms with van der Waals surface area (Å²) in [4.78, 5) is 4.12. The standard InChI is InChI=1S/C18H24N2/c1-11-12(2)14(4)17(15(5)13(11)3)18(19-6)16-7-9-20-10-8-16/h7-10,18-19H,1-6H3. The molecule has 0 aliphatic carbocycles. The van der Waals surface area contributed by atoms with E-state index in [1.165, 1.54) is 38.9 Å². The van der Waals surface area contributed by atoms with Crippen molar-refractivity contribution < 1.29 is 0 Å². The van der Waals surface area contributed by atoms with E-state index in [-0.39, 0.29) is 6.04 Å². The highest BCUT2D eigenvalue weighted by Gasteiger charge is 2.20. The van der Waals surface area contributed by atoms with Gasteiger partial charge >= 0.3 is 0 Å². The third-order valence-corrected chi connectivity index (χ3v) is 4.67. The van der Waals surface area contributed by atoms with Gasteiger partial charge in [0.25, 0.3) is 0 Å². The number of nitrogens with one attached hydrogen (secondary N) is 1. The monoisotopic (exact) mass is 268 g/mol. The second-order valence-corrected chi connectivity index (χ2v) is 5.54. The molecule has 0 bridgehead atoms. The SMILES string of the molecule is CNC(c1ccncc1)c1c(C)c(C)c(C)c(C)c1C. The number of hydrogen-bond acceptors (Lipinski definition) is 2. The minimum absolute atomic E-state index is 0.219. The minimum Gasteiger partial charge on any atom is -0.309 e. The molecule has 2 aromatic rings. The predicted octanol–water partition coefficient (Wildman–Crippen LogP) is 3.93. The lowest BCUT2D eigenvalue weighted by molar-refractivity contribution is 0.679. The Balaban J connectivity index is 2.68. The number of pyridine rings is 1. The first-order chi connectivity index (χ1) is 9.49. The zero-order valence-electron chi connectivity index (χ0n) is 13.3. The quantitative estimate of drug-likeness (QED) is 0.912. The molecular weight excluding hydrogens is 244 g/mol. The first kappa shape index (κ1) is 14.7. The van der Waals surface area contributed by atoms with E-state index in [1.807, 2.05) is 19.4 Å². The highest BCUT2D eigenvalue weighted by molar-refractivity contribution is 5.52. The van der Waals surface area contributed by atoms with Crippen molar-refractivity contribution in [3.63, 3.8) is 0 Å². The van der Waals surface area contributed by atoms with Crippen molar-refractivity contribution in [1.82, 2.24) is 10.3 Å². The molecule has 0 aliphatic heterocycles. The van der Waals surface area contributed by atoms with Crippen LogP contribution in [0.3, 0.4) is 0 Å². The van der Waals surface area contributed by atoms with Crippen LogP contribution in [0.25, 0.3) is 0 Å². The van der Waals surface area contributed by atoms with Gasteiger partial charge in [-0.05, 0) is 92.7 Å². The van der Waals surface area contributed by atoms with Crippen LogP contribution in [0.5, 0.6) is 0 Å². The van der Waals surface area contributed by atoms with Gasteiger partial charge in [-0.2, -0.15) is 0 Å². The van der Waals surface area contributed by atoms with Crippen molar-refractivity contribution in [2.45, 2.75) is 40.7 Å². The molecule has 0 saturated heterocycles. The lowest BCUT2D eigenvalue weighted by atomic mass is 9.84. The molecule has 1 heterocycles. The van der Waals surface area contributed by atoms with Crippen LogP contribution in [0, 0.1) is 34.6 Å². The van der Waals surface area contributed by atoms with Gasteiger partial charge in [0.05, 0.1) is 6.04 Å². The Kier molecular flexibility index (Phi) is 4.24. The van der Waals surface area contributed by atoms with Crippen molar-refractivity contribution in [3.8, 4) is 0 Å². The Morgan fingerprint density at radius 3 is 1.70 bits per heavy atom. The Hall–Kier alpha value is -1.67. The van der Waals surface area contributed by atoms with E-state index >= 15 is 0 Å². The molecule has 2 heteroatoms. The van der Waals surface area contributed by atoms with Crippen molar-refractivity contribution in [2.24, 2.45) is 0 Å². The van der Waals surface area contributed by atoms with Gasteiger partial charge in [-0.15, -0.1) is 0 Å². The van der Waals surface area contributed by atoms with Gasteiger partial charge in [-0.25, -0.2) is 0 Å². The molecular formula is C18H24N2. The second-order valence-electron chi connectivity index (χ2n) is 5.54. The van der Waals surface area contributed by atoms with Crippen LogP contribution in [0.1, 0.15) is 45.0 Å². The van der Waals surface area contributed by atoms with Gasteiger partial charge in [0.1, 0.15) is 0 Å². The molecule has 0 radical (unpaired) electrons. The Labute approximate surface area is 122 Å². The smallest absolute Gasteiger partial charge is 0.0580 e. The van der Waals surface area contributed by atoms with Crippen molar-refractivity contribution in [1.29, 1.82) is 0 Å². The topological polar surface area (TPSA) is 24.9 Å². The number of benzene rings is 1. The average Bonchev–Trinajstić information content (AvgIpc) is 2.48. The van der Waals surface area contributed by atoms with Crippen LogP contribution in [-0.2, 0) is 0 Å². The zero-order chi connectivity index (χ0) is 14.9. The summed E-state index contributed by atoms with van der Waals surface area (Å²) >= 11 is 0. The van der Waals surface area contributed by atoms with Crippen LogP contribution >= 0.6 is 0 Å². The largest absolute Gasteiger partial charge is 0.309 e. The van der Waals surface area contributed by atoms with E-state index in [2.05, 4.69) is 57.1 Å². The summed E-state index contributed by atoms with van der Waals surface area (Å²) in [6.07, 6.45) is 3.72. The van der Waals surface area contributed by atoms with E-state index in [0.29, 0.717) is 0 Å². The van der Waals surface area contributed by atoms with E-state index in [0.717, 1.165) is 0 Å². The fourth-order valence-corrected chi connectivity index (χ4v) is 3.00. The van der Waals surface area contributed by atoms with Gasteiger partial charge in [0.2, 0.25) is 0 Å². The van der Waals surface area contributed by atoms with Crippen molar-refractivity contribution >= 4 is 0 Å². The number of aromatic nitrogens is 1. The highest BCUT2D eigenvalue weighted by Crippen LogP contribution is 2.33. The molecule has 106 valence electrons. The van der Waals surface area contributed by atoms with Gasteiger partial charge in [-0.3, -0.25) is 4.98 Å². The molecule has 0 spiro atoms. The maximum absolute atomic E-state index is 4.12. The maximum Gasteiger partial charge on any atom is 0.0580 e. The van der Waals surface area contributed by atoms with Crippen LogP contribution in [0.4, 0.5) is 0 Å². The minimum atomic E-state index is 0.219. The number of hydrogen-bond donors (Lipinski definition) is 1. The van der Waals surface area contributed by atoms with Crippen LogP contribution in [0.15, 0.2) is 24.5 Å². The molecule has 0 amide bonds. The first-order valence-electron chi connectivity index (χ1n) is 7.13. The lowest BCUT2D eigenvalue weighted by Gasteiger charge is -2.25. The summed E-state index contributed by atoms with van der Waals surface area (Å²) < 4.78 is 0. The number of rotatable bonds is 3. The maximum atomic E-state index is 4.12. The number of nitrogens with zero attached hydrogens (tertiary/aromatic N) is 1. The van der Waals surface area contributed by atoms with Crippen LogP contribution < -0.4 is 5.32 Å². The molecule has 2 nitrogen and oxygen atoms in total. The summed E-state index contributed by atoms with van der Waals surface area (Å²) in [7, 11) is 2.02. The molecule has 1 unspecified atom stereocenters. The Morgan fingerprint density at radius 1 is 0.800 bits per heavy atom. The summed E-state index contributed by atoms with van der Waals surface area (Å²) in [6, 6.07) is 4.39. The molecule has 1 aromatic carbocycles. The molecule has 1 N–H and O–H groups in total. The summed E-state index contributed by atoms with van der Waals surface area (Å²) in [5.74, 6) is 0. The fraction of sp³-hybridized carbons (Fsp3) is 0.389. The summed E-state index contributed by atoms with van der Waals surface area (Å²) in [5, 5.41) is 3.46. The molecule has 20 heavy (non-hydrogen) atoms. The molecule has 2 rings (SSSR count). The summed E-state index contributed by atoms with van der Waals surface area (Å²) in [5.41, 5.74) is 9.65. The highest BCUT2D eigenvalue weighted by atomic mass is 14.9. The molecule has 1 aromatic heterocycles. The fourth-order valence-electron chi connectivity index (χ4n) is 3.00. The second kappa shape index (κ2) is 5.76. The third kappa shape index (κ3) is 2.36. The van der Waals surface area contributed by atoms with E-state index in [9.17, 15) is 0 Å². The lowest BCUT2D eigenvalue weighted by Crippen LogP contribution is -2.21. The van der Waals surface area contributed by atoms with Crippen molar-refractivity contribution in [2.75, 3.05) is 7.05 Å². The van der Waals surface area contributed by atoms with Crippen LogP contribution in [-0.4, -0.2) is 12.0 Å². The van der Waals surface area contributed by atoms with Gasteiger partial charge in [0.15, 0.2) is 0 Å². The normalized spacial score (nSPS) is 12.5. The van der Waals surface area contributed by atoms with Crippen molar-refractivity contribution in [3.05, 3.63) is 63.5 Å². The molecule has 0 fully saturated rings. The Morgan fingerprint density at radius 2 is 1.25 bits per heavy atom. The van der Waals surface area contributed by atoms with E-state index in [4.69, 9.17) is 0 Å². The zero-order valence-corrected chi connectivity index (χ0v) is 13.3. The van der Waals surface area contributed by atoms with Crippen LogP contribution in [0.2, 0.25) is 0 Å².